The van der Waals surface area contributed by atoms with E-state index in [-0.39, 0.29) is 12.4 Å². The third kappa shape index (κ3) is 2.45. The summed E-state index contributed by atoms with van der Waals surface area (Å²) in [6.07, 6.45) is 4.59. The van der Waals surface area contributed by atoms with Crippen LogP contribution in [0.4, 0.5) is 0 Å². The molecule has 0 aliphatic carbocycles. The lowest BCUT2D eigenvalue weighted by Crippen LogP contribution is -2.01. The molecule has 2 heterocycles. The van der Waals surface area contributed by atoms with Gasteiger partial charge < -0.3 is 9.47 Å². The van der Waals surface area contributed by atoms with Gasteiger partial charge in [-0.2, -0.15) is 5.10 Å². The fourth-order valence-corrected chi connectivity index (χ4v) is 2.05. The molecule has 0 atom stereocenters. The van der Waals surface area contributed by atoms with E-state index >= 15 is 0 Å². The predicted molar refractivity (Wildman–Crippen MR) is 68.7 cm³/mol. The van der Waals surface area contributed by atoms with E-state index in [1.807, 2.05) is 19.4 Å². The Hall–Kier alpha value is -2.30. The summed E-state index contributed by atoms with van der Waals surface area (Å²) in [6.45, 7) is 0.701. The largest absolute Gasteiger partial charge is 0.493 e. The molecular formula is C14H14N2O3. The van der Waals surface area contributed by atoms with Crippen LogP contribution in [0.5, 0.6) is 11.5 Å². The number of Topliss-reactive ketones (excluding diaryl/α,β-unsaturated/α-hetero) is 1. The van der Waals surface area contributed by atoms with E-state index in [4.69, 9.17) is 9.47 Å². The molecule has 98 valence electrons. The molecule has 5 heteroatoms. The first-order chi connectivity index (χ1) is 9.22. The number of aryl methyl sites for hydroxylation is 1. The minimum Gasteiger partial charge on any atom is -0.493 e. The topological polar surface area (TPSA) is 53.4 Å². The molecule has 2 aromatic rings. The lowest BCUT2D eigenvalue weighted by atomic mass is 10.1. The van der Waals surface area contributed by atoms with Crippen LogP contribution in [0.1, 0.15) is 15.9 Å². The third-order valence-corrected chi connectivity index (χ3v) is 3.03. The smallest absolute Gasteiger partial charge is 0.203 e. The Morgan fingerprint density at radius 3 is 3.16 bits per heavy atom. The molecule has 1 aliphatic rings. The summed E-state index contributed by atoms with van der Waals surface area (Å²) in [4.78, 5) is 11.4. The molecule has 3 rings (SSSR count). The summed E-state index contributed by atoms with van der Waals surface area (Å²) in [7, 11) is 1.89. The molecule has 0 unspecified atom stereocenters. The van der Waals surface area contributed by atoms with Crippen molar-refractivity contribution in [3.63, 3.8) is 0 Å². The van der Waals surface area contributed by atoms with E-state index in [1.54, 1.807) is 22.9 Å². The molecule has 19 heavy (non-hydrogen) atoms. The summed E-state index contributed by atoms with van der Waals surface area (Å²) in [5, 5.41) is 4.10. The number of carbonyl (C=O) groups is 1. The lowest BCUT2D eigenvalue weighted by molar-refractivity contribution is 0.0961. The molecule has 0 bridgehead atoms. The fourth-order valence-electron chi connectivity index (χ4n) is 2.05. The van der Waals surface area contributed by atoms with E-state index in [9.17, 15) is 4.79 Å². The SMILES string of the molecule is Cn1cc(CCOc2ccc3c(c2)OCC3=O)cn1. The van der Waals surface area contributed by atoms with E-state index < -0.39 is 0 Å². The molecular weight excluding hydrogens is 244 g/mol. The zero-order chi connectivity index (χ0) is 13.2. The highest BCUT2D eigenvalue weighted by Crippen LogP contribution is 2.29. The number of aromatic nitrogens is 2. The van der Waals surface area contributed by atoms with Crippen LogP contribution in [0.2, 0.25) is 0 Å². The minimum atomic E-state index is 0.0249. The third-order valence-electron chi connectivity index (χ3n) is 3.03. The van der Waals surface area contributed by atoms with Crippen LogP contribution in [0.3, 0.4) is 0 Å². The maximum absolute atomic E-state index is 11.4. The van der Waals surface area contributed by atoms with Crippen molar-refractivity contribution in [1.82, 2.24) is 9.78 Å². The van der Waals surface area contributed by atoms with Gasteiger partial charge in [0.25, 0.3) is 0 Å². The van der Waals surface area contributed by atoms with Gasteiger partial charge in [-0.15, -0.1) is 0 Å². The first-order valence-corrected chi connectivity index (χ1v) is 6.13. The Kier molecular flexibility index (Phi) is 2.95. The molecule has 0 fully saturated rings. The van der Waals surface area contributed by atoms with Crippen LogP contribution in [0, 0.1) is 0 Å². The first kappa shape index (κ1) is 11.8. The Balaban J connectivity index is 1.60. The molecule has 0 saturated heterocycles. The van der Waals surface area contributed by atoms with Gasteiger partial charge in [0.05, 0.1) is 18.4 Å². The van der Waals surface area contributed by atoms with Crippen molar-refractivity contribution < 1.29 is 14.3 Å². The van der Waals surface area contributed by atoms with Crippen LogP contribution < -0.4 is 9.47 Å². The monoisotopic (exact) mass is 258 g/mol. The highest BCUT2D eigenvalue weighted by Gasteiger charge is 2.21. The Bertz CT molecular complexity index is 619. The number of benzene rings is 1. The van der Waals surface area contributed by atoms with Gasteiger partial charge in [0.1, 0.15) is 11.5 Å². The number of ether oxygens (including phenoxy) is 2. The quantitative estimate of drug-likeness (QED) is 0.836. The number of hydrogen-bond acceptors (Lipinski definition) is 4. The number of rotatable bonds is 4. The van der Waals surface area contributed by atoms with Gasteiger partial charge in [-0.3, -0.25) is 9.48 Å². The second-order valence-corrected chi connectivity index (χ2v) is 4.49. The fraction of sp³-hybridized carbons (Fsp3) is 0.286. The Labute approximate surface area is 110 Å². The number of ketones is 1. The van der Waals surface area contributed by atoms with Gasteiger partial charge in [-0.25, -0.2) is 0 Å². The van der Waals surface area contributed by atoms with Gasteiger partial charge in [0.2, 0.25) is 5.78 Å². The normalized spacial score (nSPS) is 13.2. The van der Waals surface area contributed by atoms with Crippen LogP contribution in [-0.2, 0) is 13.5 Å². The Morgan fingerprint density at radius 1 is 1.47 bits per heavy atom. The van der Waals surface area contributed by atoms with Crippen LogP contribution >= 0.6 is 0 Å². The first-order valence-electron chi connectivity index (χ1n) is 6.13. The number of hydrogen-bond donors (Lipinski definition) is 0. The summed E-state index contributed by atoms with van der Waals surface area (Å²) in [6, 6.07) is 5.32. The van der Waals surface area contributed by atoms with Crippen molar-refractivity contribution >= 4 is 5.78 Å². The van der Waals surface area contributed by atoms with Crippen molar-refractivity contribution in [3.8, 4) is 11.5 Å². The molecule has 0 saturated carbocycles. The highest BCUT2D eigenvalue weighted by molar-refractivity contribution is 6.02. The average molecular weight is 258 g/mol. The average Bonchev–Trinajstić information content (AvgIpc) is 2.97. The van der Waals surface area contributed by atoms with Crippen LogP contribution in [0.25, 0.3) is 0 Å². The molecule has 0 radical (unpaired) electrons. The van der Waals surface area contributed by atoms with Crippen molar-refractivity contribution in [2.24, 2.45) is 7.05 Å². The van der Waals surface area contributed by atoms with Gasteiger partial charge in [-0.1, -0.05) is 0 Å². The number of carbonyl (C=O) groups excluding carboxylic acids is 1. The van der Waals surface area contributed by atoms with Crippen LogP contribution in [0.15, 0.2) is 30.6 Å². The van der Waals surface area contributed by atoms with E-state index in [1.165, 1.54) is 0 Å². The maximum atomic E-state index is 11.4. The van der Waals surface area contributed by atoms with Gasteiger partial charge in [0, 0.05) is 25.7 Å². The molecule has 0 amide bonds. The molecule has 1 aromatic carbocycles. The minimum absolute atomic E-state index is 0.0249. The number of fused-ring (bicyclic) bond motifs is 1. The molecule has 1 aromatic heterocycles. The predicted octanol–water partition coefficient (Wildman–Crippen LogP) is 1.62. The Morgan fingerprint density at radius 2 is 2.37 bits per heavy atom. The van der Waals surface area contributed by atoms with Gasteiger partial charge in [0.15, 0.2) is 6.61 Å². The second kappa shape index (κ2) is 4.76. The molecule has 0 spiro atoms. The standard InChI is InChI=1S/C14H14N2O3/c1-16-8-10(7-15-16)4-5-18-11-2-3-12-13(17)9-19-14(12)6-11/h2-3,6-8H,4-5,9H2,1H3. The molecule has 1 aliphatic heterocycles. The summed E-state index contributed by atoms with van der Waals surface area (Å²) < 4.78 is 12.7. The van der Waals surface area contributed by atoms with E-state index in [2.05, 4.69) is 5.10 Å². The summed E-state index contributed by atoms with van der Waals surface area (Å²) in [5.74, 6) is 1.36. The maximum Gasteiger partial charge on any atom is 0.203 e. The van der Waals surface area contributed by atoms with E-state index in [0.717, 1.165) is 17.7 Å². The summed E-state index contributed by atoms with van der Waals surface area (Å²) >= 11 is 0. The zero-order valence-electron chi connectivity index (χ0n) is 10.6. The van der Waals surface area contributed by atoms with Gasteiger partial charge in [-0.05, 0) is 17.7 Å². The molecule has 0 N–H and O–H groups in total. The zero-order valence-corrected chi connectivity index (χ0v) is 10.6. The summed E-state index contributed by atoms with van der Waals surface area (Å²) in [5.41, 5.74) is 1.77. The van der Waals surface area contributed by atoms with Crippen molar-refractivity contribution in [2.45, 2.75) is 6.42 Å². The van der Waals surface area contributed by atoms with Crippen molar-refractivity contribution in [1.29, 1.82) is 0 Å². The van der Waals surface area contributed by atoms with Crippen molar-refractivity contribution in [3.05, 3.63) is 41.7 Å². The second-order valence-electron chi connectivity index (χ2n) is 4.49. The molecule has 5 nitrogen and oxygen atoms in total. The van der Waals surface area contributed by atoms with Crippen molar-refractivity contribution in [2.75, 3.05) is 13.2 Å². The number of nitrogens with zero attached hydrogens (tertiary/aromatic N) is 2. The lowest BCUT2D eigenvalue weighted by Gasteiger charge is -2.06. The van der Waals surface area contributed by atoms with Gasteiger partial charge >= 0.3 is 0 Å². The van der Waals surface area contributed by atoms with Crippen LogP contribution in [-0.4, -0.2) is 28.8 Å². The van der Waals surface area contributed by atoms with E-state index in [0.29, 0.717) is 17.9 Å². The highest BCUT2D eigenvalue weighted by atomic mass is 16.5.